The molecule has 0 N–H and O–H groups in total. The number of nitrogens with zero attached hydrogens (tertiary/aromatic N) is 1. The molecule has 0 atom stereocenters. The number of amides is 1. The molecule has 1 fully saturated rings. The summed E-state index contributed by atoms with van der Waals surface area (Å²) < 4.78 is 5.38. The number of benzene rings is 1. The monoisotopic (exact) mass is 351 g/mol. The highest BCUT2D eigenvalue weighted by atomic mass is 35.5. The number of carbonyl (C=O) groups is 2. The largest absolute Gasteiger partial charge is 0.444 e. The van der Waals surface area contributed by atoms with Crippen LogP contribution in [0.5, 0.6) is 0 Å². The van der Waals surface area contributed by atoms with Gasteiger partial charge in [0.15, 0.2) is 0 Å². The van der Waals surface area contributed by atoms with Crippen molar-refractivity contribution < 1.29 is 14.3 Å². The number of aryl methyl sites for hydroxylation is 1. The molecule has 2 rings (SSSR count). The fraction of sp³-hybridized carbons (Fsp3) is 0.579. The zero-order valence-corrected chi connectivity index (χ0v) is 15.4. The first-order valence-corrected chi connectivity index (χ1v) is 8.87. The molecule has 1 aliphatic heterocycles. The van der Waals surface area contributed by atoms with Gasteiger partial charge in [0.2, 0.25) is 0 Å². The normalized spacial score (nSPS) is 16.1. The van der Waals surface area contributed by atoms with Crippen LogP contribution in [-0.2, 0) is 16.0 Å². The van der Waals surface area contributed by atoms with E-state index in [0.717, 1.165) is 24.8 Å². The molecule has 0 spiro atoms. The summed E-state index contributed by atoms with van der Waals surface area (Å²) in [5.41, 5.74) is 0.640. The number of likely N-dealkylation sites (tertiary alicyclic amines) is 1. The van der Waals surface area contributed by atoms with Crippen LogP contribution < -0.4 is 0 Å². The van der Waals surface area contributed by atoms with Crippen molar-refractivity contribution in [3.8, 4) is 0 Å². The third kappa shape index (κ3) is 5.82. The van der Waals surface area contributed by atoms with E-state index in [-0.39, 0.29) is 17.8 Å². The summed E-state index contributed by atoms with van der Waals surface area (Å²) in [4.78, 5) is 26.1. The van der Waals surface area contributed by atoms with Crippen LogP contribution >= 0.6 is 11.6 Å². The first kappa shape index (κ1) is 18.8. The first-order chi connectivity index (χ1) is 11.2. The SMILES string of the molecule is CC(C)(C)OC(=O)N1CCC(C(=O)CCc2ccc(Cl)cc2)CC1. The van der Waals surface area contributed by atoms with Crippen LogP contribution in [0, 0.1) is 5.92 Å². The minimum absolute atomic E-state index is 0.0518. The maximum Gasteiger partial charge on any atom is 0.410 e. The van der Waals surface area contributed by atoms with Crippen LogP contribution in [0.2, 0.25) is 5.02 Å². The van der Waals surface area contributed by atoms with Gasteiger partial charge in [-0.1, -0.05) is 23.7 Å². The van der Waals surface area contributed by atoms with Crippen LogP contribution in [-0.4, -0.2) is 35.5 Å². The molecule has 0 unspecified atom stereocenters. The maximum absolute atomic E-state index is 12.4. The zero-order chi connectivity index (χ0) is 17.7. The van der Waals surface area contributed by atoms with Gasteiger partial charge in [0.05, 0.1) is 0 Å². The average Bonchev–Trinajstić information content (AvgIpc) is 2.52. The fourth-order valence-electron chi connectivity index (χ4n) is 2.83. The van der Waals surface area contributed by atoms with E-state index in [1.165, 1.54) is 0 Å². The molecule has 132 valence electrons. The summed E-state index contributed by atoms with van der Waals surface area (Å²) in [6.07, 6.45) is 2.44. The lowest BCUT2D eigenvalue weighted by Gasteiger charge is -2.33. The molecule has 1 aromatic carbocycles. The van der Waals surface area contributed by atoms with Crippen LogP contribution in [0.3, 0.4) is 0 Å². The number of piperidine rings is 1. The smallest absolute Gasteiger partial charge is 0.410 e. The molecule has 4 nitrogen and oxygen atoms in total. The molecule has 1 amide bonds. The van der Waals surface area contributed by atoms with E-state index in [9.17, 15) is 9.59 Å². The highest BCUT2D eigenvalue weighted by Gasteiger charge is 2.29. The van der Waals surface area contributed by atoms with E-state index in [0.29, 0.717) is 24.5 Å². The number of Topliss-reactive ketones (excluding diaryl/α,β-unsaturated/α-hetero) is 1. The van der Waals surface area contributed by atoms with Gasteiger partial charge in [-0.15, -0.1) is 0 Å². The molecule has 0 bridgehead atoms. The van der Waals surface area contributed by atoms with Crippen molar-refractivity contribution in [2.24, 2.45) is 5.92 Å². The Bertz CT molecular complexity index is 569. The van der Waals surface area contributed by atoms with E-state index >= 15 is 0 Å². The molecule has 1 saturated heterocycles. The topological polar surface area (TPSA) is 46.6 Å². The highest BCUT2D eigenvalue weighted by molar-refractivity contribution is 6.30. The molecule has 0 radical (unpaired) electrons. The highest BCUT2D eigenvalue weighted by Crippen LogP contribution is 2.22. The minimum Gasteiger partial charge on any atom is -0.444 e. The van der Waals surface area contributed by atoms with Crippen molar-refractivity contribution in [3.05, 3.63) is 34.9 Å². The lowest BCUT2D eigenvalue weighted by Crippen LogP contribution is -2.43. The van der Waals surface area contributed by atoms with E-state index in [2.05, 4.69) is 0 Å². The molecule has 5 heteroatoms. The quantitative estimate of drug-likeness (QED) is 0.803. The molecule has 1 aliphatic rings. The third-order valence-electron chi connectivity index (χ3n) is 4.18. The number of ketones is 1. The summed E-state index contributed by atoms with van der Waals surface area (Å²) >= 11 is 5.87. The van der Waals surface area contributed by atoms with Crippen molar-refractivity contribution in [2.45, 2.75) is 52.1 Å². The molecular formula is C19H26ClNO3. The van der Waals surface area contributed by atoms with Gasteiger partial charge in [0.1, 0.15) is 11.4 Å². The first-order valence-electron chi connectivity index (χ1n) is 8.50. The van der Waals surface area contributed by atoms with Gasteiger partial charge in [-0.3, -0.25) is 4.79 Å². The van der Waals surface area contributed by atoms with Crippen molar-refractivity contribution >= 4 is 23.5 Å². The van der Waals surface area contributed by atoms with E-state index in [1.807, 2.05) is 45.0 Å². The van der Waals surface area contributed by atoms with Crippen molar-refractivity contribution in [1.82, 2.24) is 4.90 Å². The van der Waals surface area contributed by atoms with Crippen molar-refractivity contribution in [2.75, 3.05) is 13.1 Å². The van der Waals surface area contributed by atoms with Gasteiger partial charge in [0.25, 0.3) is 0 Å². The van der Waals surface area contributed by atoms with E-state index in [4.69, 9.17) is 16.3 Å². The predicted octanol–water partition coefficient (Wildman–Crippen LogP) is 4.49. The van der Waals surface area contributed by atoms with Gasteiger partial charge in [-0.25, -0.2) is 4.79 Å². The second-order valence-corrected chi connectivity index (χ2v) is 7.77. The lowest BCUT2D eigenvalue weighted by atomic mass is 9.89. The molecular weight excluding hydrogens is 326 g/mol. The number of carbonyl (C=O) groups excluding carboxylic acids is 2. The summed E-state index contributed by atoms with van der Waals surface area (Å²) in [7, 11) is 0. The summed E-state index contributed by atoms with van der Waals surface area (Å²) in [5, 5.41) is 0.708. The second kappa shape index (κ2) is 8.02. The number of hydrogen-bond donors (Lipinski definition) is 0. The van der Waals surface area contributed by atoms with Crippen LogP contribution in [0.15, 0.2) is 24.3 Å². The number of halogens is 1. The van der Waals surface area contributed by atoms with Gasteiger partial charge >= 0.3 is 6.09 Å². The van der Waals surface area contributed by atoms with Crippen molar-refractivity contribution in [3.63, 3.8) is 0 Å². The number of hydrogen-bond acceptors (Lipinski definition) is 3. The Hall–Kier alpha value is -1.55. The van der Waals surface area contributed by atoms with Gasteiger partial charge in [-0.05, 0) is 57.7 Å². The molecule has 1 heterocycles. The zero-order valence-electron chi connectivity index (χ0n) is 14.7. The Morgan fingerprint density at radius 1 is 1.17 bits per heavy atom. The molecule has 24 heavy (non-hydrogen) atoms. The number of rotatable bonds is 4. The molecule has 0 aromatic heterocycles. The Balaban J connectivity index is 1.76. The Labute approximate surface area is 149 Å². The lowest BCUT2D eigenvalue weighted by molar-refractivity contribution is -0.124. The number of ether oxygens (including phenoxy) is 1. The minimum atomic E-state index is -0.484. The van der Waals surface area contributed by atoms with Crippen LogP contribution in [0.1, 0.15) is 45.6 Å². The Morgan fingerprint density at radius 2 is 1.75 bits per heavy atom. The van der Waals surface area contributed by atoms with Crippen LogP contribution in [0.25, 0.3) is 0 Å². The maximum atomic E-state index is 12.4. The van der Waals surface area contributed by atoms with E-state index < -0.39 is 5.60 Å². The fourth-order valence-corrected chi connectivity index (χ4v) is 2.96. The molecule has 0 saturated carbocycles. The van der Waals surface area contributed by atoms with Crippen molar-refractivity contribution in [1.29, 1.82) is 0 Å². The third-order valence-corrected chi connectivity index (χ3v) is 4.43. The Morgan fingerprint density at radius 3 is 2.29 bits per heavy atom. The van der Waals surface area contributed by atoms with Crippen LogP contribution in [0.4, 0.5) is 4.79 Å². The van der Waals surface area contributed by atoms with Gasteiger partial charge in [0, 0.05) is 30.5 Å². The Kier molecular flexibility index (Phi) is 6.27. The summed E-state index contributed by atoms with van der Waals surface area (Å²) in [6, 6.07) is 7.61. The van der Waals surface area contributed by atoms with Gasteiger partial charge in [-0.2, -0.15) is 0 Å². The second-order valence-electron chi connectivity index (χ2n) is 7.33. The molecule has 0 aliphatic carbocycles. The molecule has 1 aromatic rings. The standard InChI is InChI=1S/C19H26ClNO3/c1-19(2,3)24-18(23)21-12-10-15(11-13-21)17(22)9-6-14-4-7-16(20)8-5-14/h4-5,7-8,15H,6,9-13H2,1-3H3. The summed E-state index contributed by atoms with van der Waals surface area (Å²) in [6.45, 7) is 6.76. The predicted molar refractivity (Wildman–Crippen MR) is 95.3 cm³/mol. The van der Waals surface area contributed by atoms with Gasteiger partial charge < -0.3 is 9.64 Å². The average molecular weight is 352 g/mol. The van der Waals surface area contributed by atoms with E-state index in [1.54, 1.807) is 4.90 Å². The summed E-state index contributed by atoms with van der Waals surface area (Å²) in [5.74, 6) is 0.338.